The van der Waals surface area contributed by atoms with Crippen molar-refractivity contribution in [1.82, 2.24) is 10.1 Å². The molecular formula is C11H10BrF2N3O. The van der Waals surface area contributed by atoms with E-state index in [9.17, 15) is 8.78 Å². The summed E-state index contributed by atoms with van der Waals surface area (Å²) in [4.78, 5) is 4.06. The zero-order chi connectivity index (χ0) is 13.3. The minimum absolute atomic E-state index is 0.0417. The smallest absolute Gasteiger partial charge is 0.243 e. The van der Waals surface area contributed by atoms with Gasteiger partial charge in [-0.3, -0.25) is 0 Å². The molecule has 0 radical (unpaired) electrons. The Morgan fingerprint density at radius 1 is 1.44 bits per heavy atom. The molecule has 96 valence electrons. The minimum atomic E-state index is -0.987. The molecule has 1 aromatic carbocycles. The van der Waals surface area contributed by atoms with Crippen LogP contribution in [0.1, 0.15) is 25.3 Å². The molecule has 1 unspecified atom stereocenters. The molecule has 0 aliphatic rings. The Kier molecular flexibility index (Phi) is 3.72. The molecule has 1 aromatic heterocycles. The van der Waals surface area contributed by atoms with Crippen LogP contribution in [0.2, 0.25) is 0 Å². The lowest BCUT2D eigenvalue weighted by atomic mass is 10.2. The summed E-state index contributed by atoms with van der Waals surface area (Å²) in [5, 5.41) is 3.70. The molecule has 0 spiro atoms. The fourth-order valence-electron chi connectivity index (χ4n) is 1.37. The number of hydrogen-bond acceptors (Lipinski definition) is 4. The number of nitrogens with two attached hydrogens (primary N) is 1. The molecular weight excluding hydrogens is 308 g/mol. The summed E-state index contributed by atoms with van der Waals surface area (Å²) >= 11 is 2.96. The van der Waals surface area contributed by atoms with Crippen molar-refractivity contribution in [3.8, 4) is 11.4 Å². The third-order valence-electron chi connectivity index (χ3n) is 2.47. The van der Waals surface area contributed by atoms with E-state index in [1.807, 2.05) is 6.92 Å². The lowest BCUT2D eigenvalue weighted by Crippen LogP contribution is -2.08. The van der Waals surface area contributed by atoms with Crippen molar-refractivity contribution >= 4 is 15.9 Å². The minimum Gasteiger partial charge on any atom is -0.337 e. The maximum absolute atomic E-state index is 13.4. The van der Waals surface area contributed by atoms with E-state index in [-0.39, 0.29) is 22.2 Å². The van der Waals surface area contributed by atoms with E-state index >= 15 is 0 Å². The Hall–Kier alpha value is -1.34. The highest BCUT2D eigenvalue weighted by Crippen LogP contribution is 2.30. The van der Waals surface area contributed by atoms with Crippen LogP contribution in [-0.4, -0.2) is 10.1 Å². The highest BCUT2D eigenvalue weighted by Gasteiger charge is 2.18. The second kappa shape index (κ2) is 5.11. The maximum atomic E-state index is 13.4. The fourth-order valence-corrected chi connectivity index (χ4v) is 1.87. The number of nitrogens with zero attached hydrogens (tertiary/aromatic N) is 2. The summed E-state index contributed by atoms with van der Waals surface area (Å²) < 4.78 is 31.3. The Balaban J connectivity index is 2.43. The van der Waals surface area contributed by atoms with Crippen molar-refractivity contribution in [2.75, 3.05) is 0 Å². The number of hydrogen-bond donors (Lipinski definition) is 1. The van der Waals surface area contributed by atoms with Gasteiger partial charge in [0.2, 0.25) is 11.7 Å². The Morgan fingerprint density at radius 2 is 2.17 bits per heavy atom. The highest BCUT2D eigenvalue weighted by atomic mass is 79.9. The van der Waals surface area contributed by atoms with Crippen LogP contribution in [0, 0.1) is 11.6 Å². The van der Waals surface area contributed by atoms with E-state index in [1.54, 1.807) is 0 Å². The number of halogens is 3. The summed E-state index contributed by atoms with van der Waals surface area (Å²) in [5.74, 6) is -1.50. The number of rotatable bonds is 3. The van der Waals surface area contributed by atoms with E-state index in [4.69, 9.17) is 10.3 Å². The third-order valence-corrected chi connectivity index (χ3v) is 3.25. The first-order valence-corrected chi connectivity index (χ1v) is 6.07. The Labute approximate surface area is 110 Å². The topological polar surface area (TPSA) is 64.9 Å². The molecule has 0 bridgehead atoms. The summed E-state index contributed by atoms with van der Waals surface area (Å²) in [7, 11) is 0. The zero-order valence-electron chi connectivity index (χ0n) is 9.45. The third kappa shape index (κ3) is 2.28. The molecule has 4 nitrogen and oxygen atoms in total. The molecule has 2 N–H and O–H groups in total. The average molecular weight is 318 g/mol. The van der Waals surface area contributed by atoms with Gasteiger partial charge >= 0.3 is 0 Å². The predicted octanol–water partition coefficient (Wildman–Crippen LogP) is 3.19. The van der Waals surface area contributed by atoms with Crippen LogP contribution < -0.4 is 5.73 Å². The average Bonchev–Trinajstić information content (AvgIpc) is 2.84. The van der Waals surface area contributed by atoms with Gasteiger partial charge in [-0.15, -0.1) is 0 Å². The van der Waals surface area contributed by atoms with Gasteiger partial charge in [-0.25, -0.2) is 8.78 Å². The highest BCUT2D eigenvalue weighted by molar-refractivity contribution is 9.10. The van der Waals surface area contributed by atoms with Gasteiger partial charge in [-0.05, 0) is 34.5 Å². The first-order chi connectivity index (χ1) is 8.54. The molecule has 0 saturated heterocycles. The summed E-state index contributed by atoms with van der Waals surface area (Å²) in [6.07, 6.45) is 0.639. The summed E-state index contributed by atoms with van der Waals surface area (Å²) in [5.41, 5.74) is 6.05. The molecule has 7 heteroatoms. The molecule has 2 rings (SSSR count). The van der Waals surface area contributed by atoms with Gasteiger partial charge in [-0.2, -0.15) is 4.98 Å². The normalized spacial score (nSPS) is 12.7. The van der Waals surface area contributed by atoms with Crippen molar-refractivity contribution in [2.24, 2.45) is 5.73 Å². The monoisotopic (exact) mass is 317 g/mol. The first-order valence-electron chi connectivity index (χ1n) is 5.27. The summed E-state index contributed by atoms with van der Waals surface area (Å²) in [6.45, 7) is 1.88. The molecule has 0 aliphatic carbocycles. The molecule has 0 aliphatic heterocycles. The Bertz CT molecular complexity index is 573. The van der Waals surface area contributed by atoms with E-state index in [0.29, 0.717) is 12.0 Å². The van der Waals surface area contributed by atoms with Crippen LogP contribution in [0.5, 0.6) is 0 Å². The van der Waals surface area contributed by atoms with Gasteiger partial charge in [0.1, 0.15) is 0 Å². The first kappa shape index (κ1) is 13.1. The number of aromatic nitrogens is 2. The lowest BCUT2D eigenvalue weighted by Gasteiger charge is -2.01. The Morgan fingerprint density at radius 3 is 2.83 bits per heavy atom. The van der Waals surface area contributed by atoms with Crippen LogP contribution >= 0.6 is 15.9 Å². The van der Waals surface area contributed by atoms with Gasteiger partial charge in [0.15, 0.2) is 11.6 Å². The van der Waals surface area contributed by atoms with Crippen molar-refractivity contribution < 1.29 is 13.3 Å². The quantitative estimate of drug-likeness (QED) is 0.883. The van der Waals surface area contributed by atoms with Crippen LogP contribution in [0.4, 0.5) is 8.78 Å². The van der Waals surface area contributed by atoms with Crippen LogP contribution in [-0.2, 0) is 0 Å². The molecule has 2 aromatic rings. The largest absolute Gasteiger partial charge is 0.337 e. The van der Waals surface area contributed by atoms with Gasteiger partial charge in [0.05, 0.1) is 10.5 Å². The van der Waals surface area contributed by atoms with Crippen molar-refractivity contribution in [3.05, 3.63) is 34.1 Å². The van der Waals surface area contributed by atoms with Crippen molar-refractivity contribution in [3.63, 3.8) is 0 Å². The van der Waals surface area contributed by atoms with Gasteiger partial charge < -0.3 is 10.3 Å². The second-order valence-corrected chi connectivity index (χ2v) is 4.49. The van der Waals surface area contributed by atoms with Crippen LogP contribution in [0.15, 0.2) is 21.1 Å². The summed E-state index contributed by atoms with van der Waals surface area (Å²) in [6, 6.07) is 2.01. The van der Waals surface area contributed by atoms with E-state index in [2.05, 4.69) is 26.1 Å². The standard InChI is InChI=1S/C11H10BrF2N3O/c1-2-7(15)11-16-10(17-18-11)5-3-4-6(13)9(14)8(5)12/h3-4,7H,2,15H2,1H3. The van der Waals surface area contributed by atoms with E-state index in [1.165, 1.54) is 6.07 Å². The molecule has 1 heterocycles. The lowest BCUT2D eigenvalue weighted by molar-refractivity contribution is 0.352. The van der Waals surface area contributed by atoms with Gasteiger partial charge in [0.25, 0.3) is 0 Å². The number of benzene rings is 1. The van der Waals surface area contributed by atoms with Crippen LogP contribution in [0.3, 0.4) is 0 Å². The second-order valence-electron chi connectivity index (χ2n) is 3.69. The molecule has 0 amide bonds. The molecule has 18 heavy (non-hydrogen) atoms. The van der Waals surface area contributed by atoms with E-state index in [0.717, 1.165) is 6.07 Å². The SMILES string of the molecule is CCC(N)c1nc(-c2ccc(F)c(F)c2Br)no1. The fraction of sp³-hybridized carbons (Fsp3) is 0.273. The molecule has 1 atom stereocenters. The van der Waals surface area contributed by atoms with Gasteiger partial charge in [-0.1, -0.05) is 12.1 Å². The van der Waals surface area contributed by atoms with Gasteiger partial charge in [0, 0.05) is 5.56 Å². The molecule has 0 fully saturated rings. The molecule has 0 saturated carbocycles. The predicted molar refractivity (Wildman–Crippen MR) is 64.6 cm³/mol. The maximum Gasteiger partial charge on any atom is 0.243 e. The van der Waals surface area contributed by atoms with E-state index < -0.39 is 11.6 Å². The van der Waals surface area contributed by atoms with Crippen molar-refractivity contribution in [1.29, 1.82) is 0 Å². The van der Waals surface area contributed by atoms with Crippen LogP contribution in [0.25, 0.3) is 11.4 Å². The zero-order valence-corrected chi connectivity index (χ0v) is 11.0. The van der Waals surface area contributed by atoms with Crippen molar-refractivity contribution in [2.45, 2.75) is 19.4 Å².